The lowest BCUT2D eigenvalue weighted by atomic mass is 9.63. The highest BCUT2D eigenvalue weighted by Crippen LogP contribution is 2.52. The summed E-state index contributed by atoms with van der Waals surface area (Å²) in [5.41, 5.74) is 5.07. The average molecular weight is 294 g/mol. The summed E-state index contributed by atoms with van der Waals surface area (Å²) >= 11 is 0. The SMILES string of the molecule is O=C(O)c1ccc2c(c1)C1CCC2c2ccc(C(=O)O)cc21. The molecule has 3 aliphatic carbocycles. The van der Waals surface area contributed by atoms with Gasteiger partial charge >= 0.3 is 11.9 Å². The third-order valence-electron chi connectivity index (χ3n) is 4.91. The van der Waals surface area contributed by atoms with Gasteiger partial charge in [-0.25, -0.2) is 9.59 Å². The Kier molecular flexibility index (Phi) is 2.64. The van der Waals surface area contributed by atoms with Crippen LogP contribution in [0, 0.1) is 0 Å². The van der Waals surface area contributed by atoms with Crippen molar-refractivity contribution in [1.29, 1.82) is 0 Å². The molecule has 4 heteroatoms. The lowest BCUT2D eigenvalue weighted by molar-refractivity contribution is 0.0686. The van der Waals surface area contributed by atoms with Crippen LogP contribution in [0.4, 0.5) is 0 Å². The molecule has 0 amide bonds. The lowest BCUT2D eigenvalue weighted by Crippen LogP contribution is -2.25. The molecule has 0 heterocycles. The third-order valence-corrected chi connectivity index (χ3v) is 4.91. The Hall–Kier alpha value is -2.62. The first-order chi connectivity index (χ1) is 10.6. The quantitative estimate of drug-likeness (QED) is 0.889. The normalized spacial score (nSPS) is 21.1. The van der Waals surface area contributed by atoms with Crippen LogP contribution in [0.2, 0.25) is 0 Å². The van der Waals surface area contributed by atoms with Gasteiger partial charge in [-0.05, 0) is 59.4 Å². The molecule has 22 heavy (non-hydrogen) atoms. The molecule has 0 fully saturated rings. The highest BCUT2D eigenvalue weighted by molar-refractivity contribution is 5.89. The maximum atomic E-state index is 11.2. The van der Waals surface area contributed by atoms with Gasteiger partial charge in [0.2, 0.25) is 0 Å². The first-order valence-corrected chi connectivity index (χ1v) is 7.30. The van der Waals surface area contributed by atoms with Gasteiger partial charge in [0.15, 0.2) is 0 Å². The predicted molar refractivity (Wildman–Crippen MR) is 79.7 cm³/mol. The van der Waals surface area contributed by atoms with Gasteiger partial charge in [0, 0.05) is 11.8 Å². The lowest BCUT2D eigenvalue weighted by Gasteiger charge is -2.40. The summed E-state index contributed by atoms with van der Waals surface area (Å²) in [7, 11) is 0. The molecule has 0 aromatic heterocycles. The number of hydrogen-bond donors (Lipinski definition) is 2. The van der Waals surface area contributed by atoms with E-state index in [-0.39, 0.29) is 11.8 Å². The van der Waals surface area contributed by atoms with Crippen molar-refractivity contribution in [2.45, 2.75) is 24.7 Å². The summed E-state index contributed by atoms with van der Waals surface area (Å²) in [6, 6.07) is 10.7. The molecule has 2 bridgehead atoms. The molecule has 3 aliphatic rings. The second kappa shape index (κ2) is 4.44. The van der Waals surface area contributed by atoms with Crippen LogP contribution >= 0.6 is 0 Å². The van der Waals surface area contributed by atoms with E-state index in [0.29, 0.717) is 11.1 Å². The Morgan fingerprint density at radius 1 is 0.727 bits per heavy atom. The Bertz CT molecular complexity index is 756. The maximum Gasteiger partial charge on any atom is 0.335 e. The molecule has 0 radical (unpaired) electrons. The van der Waals surface area contributed by atoms with Crippen molar-refractivity contribution < 1.29 is 19.8 Å². The molecule has 110 valence electrons. The van der Waals surface area contributed by atoms with Gasteiger partial charge < -0.3 is 10.2 Å². The second-order valence-corrected chi connectivity index (χ2v) is 5.98. The van der Waals surface area contributed by atoms with Crippen molar-refractivity contribution in [3.8, 4) is 0 Å². The minimum atomic E-state index is -0.927. The van der Waals surface area contributed by atoms with E-state index in [1.807, 2.05) is 12.1 Å². The maximum absolute atomic E-state index is 11.2. The number of fused-ring (bicyclic) bond motifs is 1. The fourth-order valence-corrected chi connectivity index (χ4v) is 3.94. The van der Waals surface area contributed by atoms with E-state index >= 15 is 0 Å². The number of hydrogen-bond acceptors (Lipinski definition) is 2. The molecule has 0 atom stereocenters. The number of carbonyl (C=O) groups is 2. The summed E-state index contributed by atoms with van der Waals surface area (Å²) in [6.45, 7) is 0. The Balaban J connectivity index is 1.90. The summed E-state index contributed by atoms with van der Waals surface area (Å²) in [6.07, 6.45) is 1.97. The summed E-state index contributed by atoms with van der Waals surface area (Å²) in [5, 5.41) is 18.4. The van der Waals surface area contributed by atoms with Gasteiger partial charge in [0.25, 0.3) is 0 Å². The molecular formula is C18H14O4. The van der Waals surface area contributed by atoms with Crippen LogP contribution in [0.25, 0.3) is 0 Å². The minimum Gasteiger partial charge on any atom is -0.478 e. The minimum absolute atomic E-state index is 0.105. The Labute approximate surface area is 127 Å². The second-order valence-electron chi connectivity index (χ2n) is 5.98. The number of carboxylic acid groups (broad SMARTS) is 2. The van der Waals surface area contributed by atoms with Gasteiger partial charge in [-0.3, -0.25) is 0 Å². The molecule has 0 saturated carbocycles. The molecular weight excluding hydrogens is 280 g/mol. The molecule has 0 spiro atoms. The summed E-state index contributed by atoms with van der Waals surface area (Å²) in [5.74, 6) is -1.50. The molecule has 0 aliphatic heterocycles. The van der Waals surface area contributed by atoms with Gasteiger partial charge in [0.05, 0.1) is 11.1 Å². The Morgan fingerprint density at radius 3 is 1.55 bits per heavy atom. The van der Waals surface area contributed by atoms with Crippen LogP contribution in [0.5, 0.6) is 0 Å². The van der Waals surface area contributed by atoms with Crippen LogP contribution in [0.15, 0.2) is 36.4 Å². The number of rotatable bonds is 2. The third kappa shape index (κ3) is 1.70. The number of carboxylic acids is 2. The standard InChI is InChI=1S/C18H14O4/c19-17(20)9-1-3-12-11-5-6-14(15(12)7-9)16-8-10(18(21)22)2-4-13(11)16/h1-4,7-8,11,14H,5-6H2,(H,19,20)(H,21,22). The van der Waals surface area contributed by atoms with E-state index in [1.165, 1.54) is 11.1 Å². The van der Waals surface area contributed by atoms with Crippen LogP contribution in [-0.2, 0) is 0 Å². The van der Waals surface area contributed by atoms with E-state index in [0.717, 1.165) is 24.0 Å². The van der Waals surface area contributed by atoms with Crippen molar-refractivity contribution in [3.05, 3.63) is 69.8 Å². The molecule has 0 saturated heterocycles. The van der Waals surface area contributed by atoms with Gasteiger partial charge in [0.1, 0.15) is 0 Å². The van der Waals surface area contributed by atoms with Crippen molar-refractivity contribution in [1.82, 2.24) is 0 Å². The van der Waals surface area contributed by atoms with E-state index in [4.69, 9.17) is 0 Å². The summed E-state index contributed by atoms with van der Waals surface area (Å²) in [4.78, 5) is 22.4. The van der Waals surface area contributed by atoms with Crippen LogP contribution in [0.1, 0.15) is 67.6 Å². The topological polar surface area (TPSA) is 74.6 Å². The van der Waals surface area contributed by atoms with E-state index < -0.39 is 11.9 Å². The fourth-order valence-electron chi connectivity index (χ4n) is 3.94. The molecule has 0 unspecified atom stereocenters. The number of aromatic carboxylic acids is 2. The highest BCUT2D eigenvalue weighted by Gasteiger charge is 2.37. The zero-order valence-electron chi connectivity index (χ0n) is 11.7. The van der Waals surface area contributed by atoms with Gasteiger partial charge in [-0.1, -0.05) is 12.1 Å². The largest absolute Gasteiger partial charge is 0.478 e. The molecule has 2 aromatic rings. The van der Waals surface area contributed by atoms with Crippen LogP contribution in [-0.4, -0.2) is 22.2 Å². The predicted octanol–water partition coefficient (Wildman–Crippen LogP) is 3.45. The Morgan fingerprint density at radius 2 is 1.14 bits per heavy atom. The van der Waals surface area contributed by atoms with Crippen LogP contribution in [0.3, 0.4) is 0 Å². The molecule has 4 nitrogen and oxygen atoms in total. The smallest absolute Gasteiger partial charge is 0.335 e. The zero-order chi connectivity index (χ0) is 15.4. The average Bonchev–Trinajstić information content (AvgIpc) is 2.54. The molecule has 2 N–H and O–H groups in total. The van der Waals surface area contributed by atoms with E-state index in [1.54, 1.807) is 24.3 Å². The van der Waals surface area contributed by atoms with Crippen LogP contribution < -0.4 is 0 Å². The molecule has 5 rings (SSSR count). The fraction of sp³-hybridized carbons (Fsp3) is 0.222. The van der Waals surface area contributed by atoms with E-state index in [9.17, 15) is 19.8 Å². The van der Waals surface area contributed by atoms with Crippen molar-refractivity contribution >= 4 is 11.9 Å². The first-order valence-electron chi connectivity index (χ1n) is 7.30. The van der Waals surface area contributed by atoms with E-state index in [2.05, 4.69) is 0 Å². The van der Waals surface area contributed by atoms with Gasteiger partial charge in [-0.15, -0.1) is 0 Å². The monoisotopic (exact) mass is 294 g/mol. The molecule has 2 aromatic carbocycles. The van der Waals surface area contributed by atoms with Crippen molar-refractivity contribution in [3.63, 3.8) is 0 Å². The van der Waals surface area contributed by atoms with Gasteiger partial charge in [-0.2, -0.15) is 0 Å². The van der Waals surface area contributed by atoms with Crippen molar-refractivity contribution in [2.75, 3.05) is 0 Å². The first kappa shape index (κ1) is 13.1. The zero-order valence-corrected chi connectivity index (χ0v) is 11.7. The highest BCUT2D eigenvalue weighted by atomic mass is 16.4. The summed E-state index contributed by atoms with van der Waals surface area (Å²) < 4.78 is 0. The van der Waals surface area contributed by atoms with Crippen molar-refractivity contribution in [2.24, 2.45) is 0 Å². The number of benzene rings is 2.